The number of hydrogen-bond donors (Lipinski definition) is 0. The molecule has 0 radical (unpaired) electrons. The van der Waals surface area contributed by atoms with Gasteiger partial charge in [-0.3, -0.25) is 4.79 Å². The van der Waals surface area contributed by atoms with Crippen molar-refractivity contribution in [2.24, 2.45) is 0 Å². The van der Waals surface area contributed by atoms with Crippen molar-refractivity contribution in [1.29, 1.82) is 0 Å². The molecular weight excluding hydrogens is 186 g/mol. The summed E-state index contributed by atoms with van der Waals surface area (Å²) in [4.78, 5) is 13.4. The summed E-state index contributed by atoms with van der Waals surface area (Å²) in [5.74, 6) is 2.43. The molecule has 78 valence electrons. The van der Waals surface area contributed by atoms with Gasteiger partial charge in [0.25, 0.3) is 5.91 Å². The van der Waals surface area contributed by atoms with Crippen molar-refractivity contribution in [1.82, 2.24) is 4.90 Å². The number of amides is 1. The van der Waals surface area contributed by atoms with Crippen molar-refractivity contribution >= 4 is 5.91 Å². The van der Waals surface area contributed by atoms with Crippen LogP contribution in [0.3, 0.4) is 0 Å². The van der Waals surface area contributed by atoms with E-state index in [1.165, 1.54) is 4.90 Å². The third-order valence-electron chi connectivity index (χ3n) is 2.29. The fourth-order valence-electron chi connectivity index (χ4n) is 1.47. The molecule has 0 aromatic heterocycles. The van der Waals surface area contributed by atoms with Gasteiger partial charge < -0.3 is 4.90 Å². The van der Waals surface area contributed by atoms with Crippen LogP contribution in [0.5, 0.6) is 0 Å². The Bertz CT molecular complexity index is 415. The van der Waals surface area contributed by atoms with E-state index in [-0.39, 0.29) is 5.91 Å². The highest BCUT2D eigenvalue weighted by molar-refractivity contribution is 5.95. The molecule has 15 heavy (non-hydrogen) atoms. The van der Waals surface area contributed by atoms with Crippen molar-refractivity contribution in [3.63, 3.8) is 0 Å². The van der Waals surface area contributed by atoms with Crippen molar-refractivity contribution in [2.75, 3.05) is 13.6 Å². The Hall–Kier alpha value is -1.75. The van der Waals surface area contributed by atoms with Gasteiger partial charge in [0, 0.05) is 12.6 Å². The van der Waals surface area contributed by atoms with Crippen molar-refractivity contribution in [3.05, 3.63) is 34.9 Å². The number of carbonyl (C=O) groups is 1. The minimum atomic E-state index is -0.0227. The molecule has 1 aromatic carbocycles. The van der Waals surface area contributed by atoms with E-state index < -0.39 is 0 Å². The van der Waals surface area contributed by atoms with E-state index in [9.17, 15) is 4.79 Å². The zero-order valence-corrected chi connectivity index (χ0v) is 9.37. The molecule has 0 unspecified atom stereocenters. The number of benzene rings is 1. The van der Waals surface area contributed by atoms with Gasteiger partial charge in [-0.05, 0) is 25.5 Å². The second-order valence-electron chi connectivity index (χ2n) is 3.68. The first-order valence-electron chi connectivity index (χ1n) is 4.82. The molecular formula is C13H15NO. The second-order valence-corrected chi connectivity index (χ2v) is 3.68. The van der Waals surface area contributed by atoms with E-state index in [2.05, 4.69) is 5.92 Å². The maximum atomic E-state index is 11.9. The van der Waals surface area contributed by atoms with Gasteiger partial charge in [-0.1, -0.05) is 23.6 Å². The summed E-state index contributed by atoms with van der Waals surface area (Å²) in [7, 11) is 1.71. The third-order valence-corrected chi connectivity index (χ3v) is 2.29. The van der Waals surface area contributed by atoms with Gasteiger partial charge in [0.2, 0.25) is 0 Å². The van der Waals surface area contributed by atoms with E-state index in [4.69, 9.17) is 6.42 Å². The minimum absolute atomic E-state index is 0.0227. The lowest BCUT2D eigenvalue weighted by Gasteiger charge is -2.15. The molecule has 0 aliphatic rings. The summed E-state index contributed by atoms with van der Waals surface area (Å²) in [5, 5.41) is 0. The molecule has 0 spiro atoms. The van der Waals surface area contributed by atoms with E-state index in [0.29, 0.717) is 6.54 Å². The summed E-state index contributed by atoms with van der Waals surface area (Å²) < 4.78 is 0. The first kappa shape index (κ1) is 11.3. The molecule has 0 aliphatic carbocycles. The smallest absolute Gasteiger partial charge is 0.254 e. The molecule has 0 saturated heterocycles. The SMILES string of the molecule is C#CCN(C)C(=O)c1ccc(C)cc1C. The van der Waals surface area contributed by atoms with Crippen LogP contribution in [0.1, 0.15) is 21.5 Å². The first-order chi connectivity index (χ1) is 7.06. The molecule has 1 aromatic rings. The number of nitrogens with zero attached hydrogens (tertiary/aromatic N) is 1. The van der Waals surface area contributed by atoms with E-state index in [0.717, 1.165) is 16.7 Å². The van der Waals surface area contributed by atoms with E-state index in [1.54, 1.807) is 7.05 Å². The van der Waals surface area contributed by atoms with Gasteiger partial charge in [-0.25, -0.2) is 0 Å². The van der Waals surface area contributed by atoms with Gasteiger partial charge in [0.1, 0.15) is 0 Å². The Morgan fingerprint density at radius 1 is 1.47 bits per heavy atom. The maximum Gasteiger partial charge on any atom is 0.254 e. The summed E-state index contributed by atoms with van der Waals surface area (Å²) >= 11 is 0. The molecule has 0 aliphatic heterocycles. The Morgan fingerprint density at radius 2 is 2.13 bits per heavy atom. The van der Waals surface area contributed by atoms with Crippen LogP contribution < -0.4 is 0 Å². The Morgan fingerprint density at radius 3 is 2.67 bits per heavy atom. The average molecular weight is 201 g/mol. The van der Waals surface area contributed by atoms with Gasteiger partial charge in [-0.15, -0.1) is 6.42 Å². The number of rotatable bonds is 2. The van der Waals surface area contributed by atoms with Gasteiger partial charge in [0.15, 0.2) is 0 Å². The maximum absolute atomic E-state index is 11.9. The normalized spacial score (nSPS) is 9.47. The van der Waals surface area contributed by atoms with Gasteiger partial charge >= 0.3 is 0 Å². The monoisotopic (exact) mass is 201 g/mol. The second kappa shape index (κ2) is 4.65. The standard InChI is InChI=1S/C13H15NO/c1-5-8-14(4)13(15)12-7-6-10(2)9-11(12)3/h1,6-7,9H,8H2,2-4H3. The van der Waals surface area contributed by atoms with Crippen LogP contribution in [0.25, 0.3) is 0 Å². The van der Waals surface area contributed by atoms with Crippen LogP contribution in [-0.4, -0.2) is 24.4 Å². The summed E-state index contributed by atoms with van der Waals surface area (Å²) in [6, 6.07) is 5.78. The lowest BCUT2D eigenvalue weighted by Crippen LogP contribution is -2.27. The van der Waals surface area contributed by atoms with E-state index in [1.807, 2.05) is 32.0 Å². The molecule has 2 heteroatoms. The molecule has 0 atom stereocenters. The molecule has 0 saturated carbocycles. The molecule has 0 N–H and O–H groups in total. The zero-order valence-electron chi connectivity index (χ0n) is 9.37. The zero-order chi connectivity index (χ0) is 11.4. The minimum Gasteiger partial charge on any atom is -0.331 e. The number of aryl methyl sites for hydroxylation is 2. The van der Waals surface area contributed by atoms with Crippen molar-refractivity contribution in [2.45, 2.75) is 13.8 Å². The van der Waals surface area contributed by atoms with Crippen LogP contribution >= 0.6 is 0 Å². The highest BCUT2D eigenvalue weighted by atomic mass is 16.2. The Labute approximate surface area is 90.9 Å². The molecule has 2 nitrogen and oxygen atoms in total. The fraction of sp³-hybridized carbons (Fsp3) is 0.308. The van der Waals surface area contributed by atoms with E-state index >= 15 is 0 Å². The van der Waals surface area contributed by atoms with Crippen LogP contribution in [0.4, 0.5) is 0 Å². The predicted octanol–water partition coefficient (Wildman–Crippen LogP) is 2.01. The van der Waals surface area contributed by atoms with Crippen molar-refractivity contribution in [3.8, 4) is 12.3 Å². The summed E-state index contributed by atoms with van der Waals surface area (Å²) in [5.41, 5.74) is 2.87. The predicted molar refractivity (Wildman–Crippen MR) is 61.7 cm³/mol. The highest BCUT2D eigenvalue weighted by Crippen LogP contribution is 2.12. The number of hydrogen-bond acceptors (Lipinski definition) is 1. The van der Waals surface area contributed by atoms with Crippen LogP contribution in [0, 0.1) is 26.2 Å². The van der Waals surface area contributed by atoms with Crippen LogP contribution in [0.15, 0.2) is 18.2 Å². The average Bonchev–Trinajstić information content (AvgIpc) is 2.17. The molecule has 0 heterocycles. The van der Waals surface area contributed by atoms with Crippen molar-refractivity contribution < 1.29 is 4.79 Å². The summed E-state index contributed by atoms with van der Waals surface area (Å²) in [6.07, 6.45) is 5.16. The largest absolute Gasteiger partial charge is 0.331 e. The quantitative estimate of drug-likeness (QED) is 0.670. The molecule has 0 fully saturated rings. The molecule has 0 bridgehead atoms. The Balaban J connectivity index is 2.97. The molecule has 1 rings (SSSR count). The topological polar surface area (TPSA) is 20.3 Å². The number of terminal acetylenes is 1. The fourth-order valence-corrected chi connectivity index (χ4v) is 1.47. The lowest BCUT2D eigenvalue weighted by molar-refractivity contribution is 0.0812. The lowest BCUT2D eigenvalue weighted by atomic mass is 10.0. The number of carbonyl (C=O) groups excluding carboxylic acids is 1. The molecule has 1 amide bonds. The van der Waals surface area contributed by atoms with Gasteiger partial charge in [0.05, 0.1) is 6.54 Å². The highest BCUT2D eigenvalue weighted by Gasteiger charge is 2.12. The van der Waals surface area contributed by atoms with Gasteiger partial charge in [-0.2, -0.15) is 0 Å². The Kier molecular flexibility index (Phi) is 3.51. The van der Waals surface area contributed by atoms with Crippen LogP contribution in [0.2, 0.25) is 0 Å². The van der Waals surface area contributed by atoms with Crippen LogP contribution in [-0.2, 0) is 0 Å². The third kappa shape index (κ3) is 2.60. The summed E-state index contributed by atoms with van der Waals surface area (Å²) in [6.45, 7) is 4.28. The first-order valence-corrected chi connectivity index (χ1v) is 4.82.